The van der Waals surface area contributed by atoms with Crippen molar-refractivity contribution < 1.29 is 19.1 Å². The van der Waals surface area contributed by atoms with Crippen molar-refractivity contribution in [2.24, 2.45) is 7.05 Å². The van der Waals surface area contributed by atoms with Crippen LogP contribution >= 0.6 is 34.7 Å². The van der Waals surface area contributed by atoms with Gasteiger partial charge in [0, 0.05) is 23.4 Å². The third-order valence-electron chi connectivity index (χ3n) is 6.51. The van der Waals surface area contributed by atoms with Crippen molar-refractivity contribution in [1.82, 2.24) is 14.8 Å². The molecule has 0 radical (unpaired) electrons. The molecule has 0 spiro atoms. The van der Waals surface area contributed by atoms with Gasteiger partial charge in [0.05, 0.1) is 25.0 Å². The second-order valence-electron chi connectivity index (χ2n) is 9.27. The number of hydrogen-bond donors (Lipinski definition) is 1. The summed E-state index contributed by atoms with van der Waals surface area (Å²) in [6.45, 7) is 2.52. The average Bonchev–Trinajstić information content (AvgIpc) is 3.39. The summed E-state index contributed by atoms with van der Waals surface area (Å²) in [5, 5.41) is 13.5. The lowest BCUT2D eigenvalue weighted by Gasteiger charge is -2.11. The number of hydrogen-bond acceptors (Lipinski definition) is 8. The lowest BCUT2D eigenvalue weighted by Crippen LogP contribution is -2.16. The Morgan fingerprint density at radius 3 is 2.74 bits per heavy atom. The second kappa shape index (κ2) is 13.5. The molecule has 38 heavy (non-hydrogen) atoms. The normalized spacial score (nSPS) is 13.4. The van der Waals surface area contributed by atoms with E-state index in [1.54, 1.807) is 0 Å². The Kier molecular flexibility index (Phi) is 10.1. The van der Waals surface area contributed by atoms with Gasteiger partial charge in [-0.3, -0.25) is 4.79 Å². The SMILES string of the molecule is COC(=O)c1c(NC(=O)CSc2nnc(CCCOc3ccc(Cl)cc3C)n2C)sc2c1CCCCCC2. The van der Waals surface area contributed by atoms with Crippen LogP contribution in [0, 0.1) is 6.92 Å². The van der Waals surface area contributed by atoms with E-state index in [1.807, 2.05) is 36.7 Å². The molecule has 0 saturated heterocycles. The van der Waals surface area contributed by atoms with E-state index >= 15 is 0 Å². The number of ether oxygens (including phenoxy) is 2. The summed E-state index contributed by atoms with van der Waals surface area (Å²) in [6, 6.07) is 5.57. The first kappa shape index (κ1) is 28.4. The van der Waals surface area contributed by atoms with E-state index in [1.165, 1.54) is 41.5 Å². The van der Waals surface area contributed by atoms with E-state index in [2.05, 4.69) is 15.5 Å². The maximum atomic E-state index is 12.9. The van der Waals surface area contributed by atoms with Gasteiger partial charge < -0.3 is 19.4 Å². The first-order chi connectivity index (χ1) is 18.4. The molecule has 0 bridgehead atoms. The summed E-state index contributed by atoms with van der Waals surface area (Å²) in [5.74, 6) is 1.23. The maximum absolute atomic E-state index is 12.9. The largest absolute Gasteiger partial charge is 0.493 e. The number of amides is 1. The summed E-state index contributed by atoms with van der Waals surface area (Å²) >= 11 is 8.82. The Morgan fingerprint density at radius 2 is 1.97 bits per heavy atom. The number of fused-ring (bicyclic) bond motifs is 1. The van der Waals surface area contributed by atoms with Crippen LogP contribution in [-0.2, 0) is 35.8 Å². The van der Waals surface area contributed by atoms with Gasteiger partial charge >= 0.3 is 5.97 Å². The molecule has 3 aromatic rings. The number of carbonyl (C=O) groups is 2. The van der Waals surface area contributed by atoms with Gasteiger partial charge in [-0.15, -0.1) is 21.5 Å². The summed E-state index contributed by atoms with van der Waals surface area (Å²) in [7, 11) is 3.28. The number of thiophene rings is 1. The molecule has 8 nitrogen and oxygen atoms in total. The summed E-state index contributed by atoms with van der Waals surface area (Å²) in [6.07, 6.45) is 7.73. The third kappa shape index (κ3) is 7.09. The average molecular weight is 577 g/mol. The van der Waals surface area contributed by atoms with Crippen molar-refractivity contribution in [3.8, 4) is 5.75 Å². The van der Waals surface area contributed by atoms with E-state index < -0.39 is 0 Å². The Bertz CT molecular complexity index is 1290. The molecule has 0 saturated carbocycles. The molecule has 0 fully saturated rings. The van der Waals surface area contributed by atoms with Crippen LogP contribution in [0.15, 0.2) is 23.4 Å². The molecule has 0 atom stereocenters. The van der Waals surface area contributed by atoms with Gasteiger partial charge in [0.2, 0.25) is 5.91 Å². The van der Waals surface area contributed by atoms with Gasteiger partial charge in [0.25, 0.3) is 0 Å². The van der Waals surface area contributed by atoms with Crippen molar-refractivity contribution in [2.75, 3.05) is 24.8 Å². The van der Waals surface area contributed by atoms with Gasteiger partial charge in [0.1, 0.15) is 16.6 Å². The number of anilines is 1. The maximum Gasteiger partial charge on any atom is 0.341 e. The van der Waals surface area contributed by atoms with Gasteiger partial charge in [-0.1, -0.05) is 36.2 Å². The number of aryl methyl sites for hydroxylation is 3. The third-order valence-corrected chi connectivity index (χ3v) is 8.97. The van der Waals surface area contributed by atoms with Gasteiger partial charge in [-0.25, -0.2) is 4.79 Å². The highest BCUT2D eigenvalue weighted by Crippen LogP contribution is 2.37. The molecule has 0 aliphatic heterocycles. The first-order valence-corrected chi connectivity index (χ1v) is 15.0. The molecule has 2 heterocycles. The number of halogens is 1. The van der Waals surface area contributed by atoms with Gasteiger partial charge in [0.15, 0.2) is 5.16 Å². The van der Waals surface area contributed by atoms with Crippen molar-refractivity contribution in [1.29, 1.82) is 0 Å². The monoisotopic (exact) mass is 576 g/mol. The smallest absolute Gasteiger partial charge is 0.341 e. The molecule has 11 heteroatoms. The van der Waals surface area contributed by atoms with Crippen LogP contribution in [0.1, 0.15) is 64.3 Å². The van der Waals surface area contributed by atoms with Crippen LogP contribution in [0.2, 0.25) is 5.02 Å². The van der Waals surface area contributed by atoms with Crippen LogP contribution in [0.5, 0.6) is 5.75 Å². The lowest BCUT2D eigenvalue weighted by atomic mass is 9.96. The molecular weight excluding hydrogens is 544 g/mol. The minimum absolute atomic E-state index is 0.161. The number of nitrogens with zero attached hydrogens (tertiary/aromatic N) is 3. The van der Waals surface area contributed by atoms with E-state index in [-0.39, 0.29) is 17.6 Å². The van der Waals surface area contributed by atoms with Crippen molar-refractivity contribution in [3.63, 3.8) is 0 Å². The number of aromatic nitrogens is 3. The zero-order valence-electron chi connectivity index (χ0n) is 22.0. The Morgan fingerprint density at radius 1 is 1.18 bits per heavy atom. The van der Waals surface area contributed by atoms with E-state index in [9.17, 15) is 9.59 Å². The Balaban J connectivity index is 1.31. The van der Waals surface area contributed by atoms with E-state index in [0.717, 1.165) is 61.2 Å². The highest BCUT2D eigenvalue weighted by atomic mass is 35.5. The van der Waals surface area contributed by atoms with Crippen molar-refractivity contribution >= 4 is 51.6 Å². The number of rotatable bonds is 10. The van der Waals surface area contributed by atoms with Crippen LogP contribution in [0.3, 0.4) is 0 Å². The quantitative estimate of drug-likeness (QED) is 0.179. The second-order valence-corrected chi connectivity index (χ2v) is 11.8. The zero-order chi connectivity index (χ0) is 27.1. The number of methoxy groups -OCH3 is 1. The van der Waals surface area contributed by atoms with Crippen LogP contribution in [0.4, 0.5) is 5.00 Å². The number of nitrogens with one attached hydrogen (secondary N) is 1. The molecule has 0 unspecified atom stereocenters. The molecule has 1 N–H and O–H groups in total. The fourth-order valence-electron chi connectivity index (χ4n) is 4.49. The minimum Gasteiger partial charge on any atom is -0.493 e. The predicted octanol–water partition coefficient (Wildman–Crippen LogP) is 6.03. The summed E-state index contributed by atoms with van der Waals surface area (Å²) in [4.78, 5) is 26.6. The fourth-order valence-corrected chi connectivity index (χ4v) is 6.74. The lowest BCUT2D eigenvalue weighted by molar-refractivity contribution is -0.113. The molecule has 4 rings (SSSR count). The molecule has 1 aliphatic rings. The fraction of sp³-hybridized carbons (Fsp3) is 0.481. The molecule has 2 aromatic heterocycles. The van der Waals surface area contributed by atoms with Crippen LogP contribution in [-0.4, -0.2) is 46.1 Å². The molecule has 204 valence electrons. The van der Waals surface area contributed by atoms with Crippen molar-refractivity contribution in [2.45, 2.75) is 63.4 Å². The zero-order valence-corrected chi connectivity index (χ0v) is 24.4. The number of thioether (sulfide) groups is 1. The molecule has 1 aromatic carbocycles. The topological polar surface area (TPSA) is 95.3 Å². The Labute approximate surface area is 236 Å². The standard InChI is InChI=1S/C27H33ClN4O4S2/c1-17-15-18(28)12-13-20(17)36-14-8-11-22-30-31-27(32(22)2)37-16-23(33)29-25-24(26(34)35-3)19-9-6-4-5-7-10-21(19)38-25/h12-13,15H,4-11,14,16H2,1-3H3,(H,29,33). The molecule has 1 aliphatic carbocycles. The van der Waals surface area contributed by atoms with Crippen LogP contribution in [0.25, 0.3) is 0 Å². The van der Waals surface area contributed by atoms with Crippen molar-refractivity contribution in [3.05, 3.63) is 50.6 Å². The van der Waals surface area contributed by atoms with Gasteiger partial charge in [-0.05, 0) is 68.4 Å². The van der Waals surface area contributed by atoms with Crippen LogP contribution < -0.4 is 10.1 Å². The highest BCUT2D eigenvalue weighted by Gasteiger charge is 2.26. The first-order valence-electron chi connectivity index (χ1n) is 12.8. The predicted molar refractivity (Wildman–Crippen MR) is 152 cm³/mol. The highest BCUT2D eigenvalue weighted by molar-refractivity contribution is 7.99. The van der Waals surface area contributed by atoms with Gasteiger partial charge in [-0.2, -0.15) is 0 Å². The number of esters is 1. The minimum atomic E-state index is -0.390. The van der Waals surface area contributed by atoms with E-state index in [0.29, 0.717) is 33.8 Å². The molecule has 1 amide bonds. The van der Waals surface area contributed by atoms with E-state index in [4.69, 9.17) is 21.1 Å². The number of carbonyl (C=O) groups excluding carboxylic acids is 2. The Hall–Kier alpha value is -2.56. The summed E-state index contributed by atoms with van der Waals surface area (Å²) in [5.41, 5.74) is 2.56. The number of benzene rings is 1. The summed E-state index contributed by atoms with van der Waals surface area (Å²) < 4.78 is 12.8. The molecular formula is C27H33ClN4O4S2.